The first-order valence-electron chi connectivity index (χ1n) is 6.61. The van der Waals surface area contributed by atoms with Gasteiger partial charge in [0.25, 0.3) is 0 Å². The summed E-state index contributed by atoms with van der Waals surface area (Å²) in [6.45, 7) is 4.05. The monoisotopic (exact) mass is 226 g/mol. The molecule has 1 aliphatic heterocycles. The molecule has 2 atom stereocenters. The average Bonchev–Trinajstić information content (AvgIpc) is 3.05. The van der Waals surface area contributed by atoms with Gasteiger partial charge in [-0.1, -0.05) is 20.3 Å². The fraction of sp³-hybridized carbons (Fsp3) is 0.923. The second-order valence-corrected chi connectivity index (χ2v) is 4.92. The van der Waals surface area contributed by atoms with Crippen LogP contribution in [0.25, 0.3) is 0 Å². The highest BCUT2D eigenvalue weighted by atomic mass is 16.7. The average molecular weight is 226 g/mol. The van der Waals surface area contributed by atoms with Crippen LogP contribution in [-0.2, 0) is 14.3 Å². The lowest BCUT2D eigenvalue weighted by atomic mass is 9.96. The van der Waals surface area contributed by atoms with Crippen LogP contribution in [0.2, 0.25) is 0 Å². The molecule has 0 N–H and O–H groups in total. The van der Waals surface area contributed by atoms with E-state index in [-0.39, 0.29) is 18.2 Å². The van der Waals surface area contributed by atoms with Crippen LogP contribution < -0.4 is 0 Å². The molecule has 3 heteroatoms. The fourth-order valence-corrected chi connectivity index (χ4v) is 2.70. The topological polar surface area (TPSA) is 38.8 Å². The van der Waals surface area contributed by atoms with Gasteiger partial charge in [-0.3, -0.25) is 0 Å². The summed E-state index contributed by atoms with van der Waals surface area (Å²) in [5.74, 6) is -0.117. The molecule has 3 nitrogen and oxygen atoms in total. The maximum atomic E-state index is 12.0. The van der Waals surface area contributed by atoms with Crippen molar-refractivity contribution in [2.75, 3.05) is 0 Å². The lowest BCUT2D eigenvalue weighted by Gasteiger charge is -2.23. The van der Waals surface area contributed by atoms with Gasteiger partial charge in [-0.05, 0) is 38.5 Å². The van der Waals surface area contributed by atoms with Crippen LogP contribution in [-0.4, -0.2) is 23.8 Å². The third kappa shape index (κ3) is 2.10. The predicted molar refractivity (Wildman–Crippen MR) is 61.2 cm³/mol. The zero-order chi connectivity index (χ0) is 11.6. The lowest BCUT2D eigenvalue weighted by Crippen LogP contribution is -2.33. The quantitative estimate of drug-likeness (QED) is 0.546. The maximum absolute atomic E-state index is 12.0. The van der Waals surface area contributed by atoms with E-state index in [1.807, 2.05) is 6.92 Å². The van der Waals surface area contributed by atoms with E-state index in [0.29, 0.717) is 0 Å². The molecule has 0 aromatic carbocycles. The molecule has 0 radical (unpaired) electrons. The minimum absolute atomic E-state index is 0.0913. The highest BCUT2D eigenvalue weighted by molar-refractivity contribution is 5.83. The highest BCUT2D eigenvalue weighted by Crippen LogP contribution is 2.43. The minimum Gasteiger partial charge on any atom is -0.460 e. The second kappa shape index (κ2) is 4.74. The standard InChI is InChI=1S/C13H22O3/c1-3-11-13(4-2,16-11)12(14)15-10-8-6-5-7-9-10/h10-11H,3-9H2,1-2H3. The van der Waals surface area contributed by atoms with Crippen molar-refractivity contribution in [2.45, 2.75) is 76.6 Å². The van der Waals surface area contributed by atoms with Crippen molar-refractivity contribution in [1.82, 2.24) is 0 Å². The summed E-state index contributed by atoms with van der Waals surface area (Å²) < 4.78 is 11.1. The molecular weight excluding hydrogens is 204 g/mol. The van der Waals surface area contributed by atoms with Crippen LogP contribution in [0, 0.1) is 0 Å². The van der Waals surface area contributed by atoms with Gasteiger partial charge in [0.05, 0.1) is 6.10 Å². The molecule has 0 spiro atoms. The number of ether oxygens (including phenoxy) is 2. The Balaban J connectivity index is 1.87. The van der Waals surface area contributed by atoms with E-state index in [0.717, 1.165) is 25.7 Å². The number of carbonyl (C=O) groups is 1. The van der Waals surface area contributed by atoms with Crippen LogP contribution in [0.3, 0.4) is 0 Å². The Morgan fingerprint density at radius 1 is 1.31 bits per heavy atom. The van der Waals surface area contributed by atoms with Crippen molar-refractivity contribution in [3.05, 3.63) is 0 Å². The fourth-order valence-electron chi connectivity index (χ4n) is 2.70. The Labute approximate surface area is 97.5 Å². The van der Waals surface area contributed by atoms with Gasteiger partial charge in [0, 0.05) is 0 Å². The lowest BCUT2D eigenvalue weighted by molar-refractivity contribution is -0.157. The number of esters is 1. The molecule has 2 rings (SSSR count). The van der Waals surface area contributed by atoms with Crippen LogP contribution in [0.15, 0.2) is 0 Å². The van der Waals surface area contributed by atoms with Crippen LogP contribution in [0.4, 0.5) is 0 Å². The van der Waals surface area contributed by atoms with E-state index in [4.69, 9.17) is 9.47 Å². The van der Waals surface area contributed by atoms with Gasteiger partial charge in [-0.15, -0.1) is 0 Å². The number of hydrogen-bond acceptors (Lipinski definition) is 3. The largest absolute Gasteiger partial charge is 0.460 e. The smallest absolute Gasteiger partial charge is 0.341 e. The van der Waals surface area contributed by atoms with Crippen LogP contribution in [0.1, 0.15) is 58.8 Å². The van der Waals surface area contributed by atoms with Crippen LogP contribution >= 0.6 is 0 Å². The van der Waals surface area contributed by atoms with E-state index >= 15 is 0 Å². The van der Waals surface area contributed by atoms with E-state index in [9.17, 15) is 4.79 Å². The van der Waals surface area contributed by atoms with Gasteiger partial charge < -0.3 is 9.47 Å². The molecular formula is C13H22O3. The summed E-state index contributed by atoms with van der Waals surface area (Å²) in [7, 11) is 0. The number of rotatable bonds is 4. The Morgan fingerprint density at radius 3 is 2.50 bits per heavy atom. The van der Waals surface area contributed by atoms with E-state index in [2.05, 4.69) is 6.92 Å². The normalized spacial score (nSPS) is 34.8. The molecule has 1 saturated heterocycles. The Kier molecular flexibility index (Phi) is 3.53. The van der Waals surface area contributed by atoms with Crippen molar-refractivity contribution >= 4 is 5.97 Å². The summed E-state index contributed by atoms with van der Waals surface area (Å²) in [5, 5.41) is 0. The van der Waals surface area contributed by atoms with E-state index in [1.54, 1.807) is 0 Å². The molecule has 0 aromatic heterocycles. The zero-order valence-electron chi connectivity index (χ0n) is 10.3. The summed E-state index contributed by atoms with van der Waals surface area (Å²) in [6.07, 6.45) is 7.58. The van der Waals surface area contributed by atoms with Crippen LogP contribution in [0.5, 0.6) is 0 Å². The van der Waals surface area contributed by atoms with Crippen molar-refractivity contribution in [1.29, 1.82) is 0 Å². The first-order chi connectivity index (χ1) is 7.73. The van der Waals surface area contributed by atoms with E-state index < -0.39 is 5.60 Å². The third-order valence-corrected chi connectivity index (χ3v) is 3.88. The van der Waals surface area contributed by atoms with Crippen molar-refractivity contribution in [2.24, 2.45) is 0 Å². The molecule has 0 amide bonds. The first-order valence-corrected chi connectivity index (χ1v) is 6.61. The van der Waals surface area contributed by atoms with Crippen molar-refractivity contribution in [3.63, 3.8) is 0 Å². The maximum Gasteiger partial charge on any atom is 0.341 e. The second-order valence-electron chi connectivity index (χ2n) is 4.92. The molecule has 1 heterocycles. The molecule has 1 saturated carbocycles. The molecule has 2 fully saturated rings. The number of carbonyl (C=O) groups excluding carboxylic acids is 1. The zero-order valence-corrected chi connectivity index (χ0v) is 10.3. The molecule has 2 aliphatic rings. The molecule has 16 heavy (non-hydrogen) atoms. The Bertz CT molecular complexity index is 258. The van der Waals surface area contributed by atoms with Gasteiger partial charge in [-0.2, -0.15) is 0 Å². The molecule has 0 bridgehead atoms. The van der Waals surface area contributed by atoms with Gasteiger partial charge in [0.1, 0.15) is 6.10 Å². The van der Waals surface area contributed by atoms with Crippen molar-refractivity contribution in [3.8, 4) is 0 Å². The Hall–Kier alpha value is -0.570. The number of hydrogen-bond donors (Lipinski definition) is 0. The summed E-state index contributed by atoms with van der Waals surface area (Å²) in [5.41, 5.74) is -0.591. The summed E-state index contributed by atoms with van der Waals surface area (Å²) >= 11 is 0. The third-order valence-electron chi connectivity index (χ3n) is 3.88. The SMILES string of the molecule is CCC1OC1(CC)C(=O)OC1CCCCC1. The Morgan fingerprint density at radius 2 is 2.00 bits per heavy atom. The van der Waals surface area contributed by atoms with Gasteiger partial charge in [0.2, 0.25) is 0 Å². The summed E-state index contributed by atoms with van der Waals surface area (Å²) in [4.78, 5) is 12.0. The molecule has 92 valence electrons. The van der Waals surface area contributed by atoms with E-state index in [1.165, 1.54) is 19.3 Å². The molecule has 1 aliphatic carbocycles. The highest BCUT2D eigenvalue weighted by Gasteiger charge is 2.61. The molecule has 2 unspecified atom stereocenters. The van der Waals surface area contributed by atoms with Gasteiger partial charge in [-0.25, -0.2) is 4.79 Å². The predicted octanol–water partition coefficient (Wildman–Crippen LogP) is 2.82. The minimum atomic E-state index is -0.591. The van der Waals surface area contributed by atoms with Gasteiger partial charge >= 0.3 is 5.97 Å². The van der Waals surface area contributed by atoms with Gasteiger partial charge in [0.15, 0.2) is 5.60 Å². The van der Waals surface area contributed by atoms with Crippen molar-refractivity contribution < 1.29 is 14.3 Å². The molecule has 0 aromatic rings. The first kappa shape index (κ1) is 11.9. The number of epoxide rings is 1. The summed E-state index contributed by atoms with van der Waals surface area (Å²) in [6, 6.07) is 0.